The third-order valence-corrected chi connectivity index (χ3v) is 5.35. The van der Waals surface area contributed by atoms with Crippen molar-refractivity contribution in [3.63, 3.8) is 0 Å². The lowest BCUT2D eigenvalue weighted by Gasteiger charge is -2.09. The van der Waals surface area contributed by atoms with E-state index in [-0.39, 0.29) is 28.4 Å². The zero-order valence-electron chi connectivity index (χ0n) is 17.5. The van der Waals surface area contributed by atoms with Crippen molar-refractivity contribution in [1.82, 2.24) is 0 Å². The fraction of sp³-hybridized carbons (Fsp3) is 0.480. The van der Waals surface area contributed by atoms with Gasteiger partial charge in [0.2, 0.25) is 0 Å². The second-order valence-electron chi connectivity index (χ2n) is 7.81. The summed E-state index contributed by atoms with van der Waals surface area (Å²) in [5, 5.41) is 29.5. The Kier molecular flexibility index (Phi) is 9.55. The Hall–Kier alpha value is -2.49. The van der Waals surface area contributed by atoms with E-state index < -0.39 is 5.78 Å². The molecule has 158 valence electrons. The summed E-state index contributed by atoms with van der Waals surface area (Å²) in [5.74, 6) is -0.962. The minimum absolute atomic E-state index is 0.0561. The number of carbonyl (C=O) groups excluding carboxylic acids is 1. The molecule has 0 unspecified atom stereocenters. The minimum Gasteiger partial charge on any atom is -0.508 e. The van der Waals surface area contributed by atoms with E-state index in [0.29, 0.717) is 0 Å². The minimum atomic E-state index is -0.467. The van der Waals surface area contributed by atoms with Gasteiger partial charge in [-0.1, -0.05) is 70.8 Å². The molecule has 0 aliphatic heterocycles. The zero-order chi connectivity index (χ0) is 21.1. The summed E-state index contributed by atoms with van der Waals surface area (Å²) in [6.45, 7) is 2.24. The Bertz CT molecular complexity index is 782. The van der Waals surface area contributed by atoms with E-state index in [1.54, 1.807) is 12.1 Å². The maximum absolute atomic E-state index is 12.6. The highest BCUT2D eigenvalue weighted by atomic mass is 16.3. The van der Waals surface area contributed by atoms with Crippen molar-refractivity contribution in [2.45, 2.75) is 77.6 Å². The number of aryl methyl sites for hydroxylation is 1. The van der Waals surface area contributed by atoms with E-state index in [1.807, 2.05) is 6.07 Å². The first kappa shape index (κ1) is 22.8. The Balaban J connectivity index is 1.76. The SMILES string of the molecule is CCCCCCCCCCCCc1ccc(C(=O)c2ccc(O)cc2O)c(O)c1. The van der Waals surface area contributed by atoms with Crippen LogP contribution < -0.4 is 0 Å². The van der Waals surface area contributed by atoms with Gasteiger partial charge in [-0.15, -0.1) is 0 Å². The lowest BCUT2D eigenvalue weighted by atomic mass is 9.98. The van der Waals surface area contributed by atoms with Gasteiger partial charge in [0.25, 0.3) is 0 Å². The van der Waals surface area contributed by atoms with Crippen molar-refractivity contribution in [3.8, 4) is 17.2 Å². The van der Waals surface area contributed by atoms with Crippen molar-refractivity contribution in [2.75, 3.05) is 0 Å². The standard InChI is InChI=1S/C25H34O4/c1-2-3-4-5-6-7-8-9-10-11-12-19-13-15-21(23(27)17-19)25(29)22-16-14-20(26)18-24(22)28/h13-18,26-28H,2-12H2,1H3. The molecule has 0 aliphatic carbocycles. The summed E-state index contributed by atoms with van der Waals surface area (Å²) in [7, 11) is 0. The average molecular weight is 399 g/mol. The van der Waals surface area contributed by atoms with Crippen LogP contribution in [-0.4, -0.2) is 21.1 Å². The summed E-state index contributed by atoms with van der Waals surface area (Å²) < 4.78 is 0. The second kappa shape index (κ2) is 12.2. The molecule has 2 rings (SSSR count). The number of phenolic OH excluding ortho intramolecular Hbond substituents is 3. The molecule has 0 radical (unpaired) electrons. The largest absolute Gasteiger partial charge is 0.508 e. The topological polar surface area (TPSA) is 77.8 Å². The first-order valence-electron chi connectivity index (χ1n) is 10.9. The highest BCUT2D eigenvalue weighted by molar-refractivity contribution is 6.12. The van der Waals surface area contributed by atoms with Crippen LogP contribution in [0.15, 0.2) is 36.4 Å². The van der Waals surface area contributed by atoms with Crippen LogP contribution in [0.25, 0.3) is 0 Å². The number of rotatable bonds is 13. The van der Waals surface area contributed by atoms with Crippen molar-refractivity contribution in [3.05, 3.63) is 53.1 Å². The maximum atomic E-state index is 12.6. The summed E-state index contributed by atoms with van der Waals surface area (Å²) in [5.41, 5.74) is 1.21. The molecule has 0 atom stereocenters. The number of phenols is 3. The van der Waals surface area contributed by atoms with Crippen molar-refractivity contribution >= 4 is 5.78 Å². The fourth-order valence-electron chi connectivity index (χ4n) is 3.60. The number of ketones is 1. The molecular formula is C25H34O4. The van der Waals surface area contributed by atoms with E-state index in [0.717, 1.165) is 24.5 Å². The summed E-state index contributed by atoms with van der Waals surface area (Å²) in [6.07, 6.45) is 13.7. The molecule has 0 spiro atoms. The molecule has 29 heavy (non-hydrogen) atoms. The quantitative estimate of drug-likeness (QED) is 0.266. The number of benzene rings is 2. The van der Waals surface area contributed by atoms with Gasteiger partial charge in [0, 0.05) is 6.07 Å². The molecule has 2 aromatic rings. The van der Waals surface area contributed by atoms with Gasteiger partial charge in [-0.3, -0.25) is 4.79 Å². The Morgan fingerprint density at radius 2 is 1.21 bits per heavy atom. The molecule has 0 fully saturated rings. The van der Waals surface area contributed by atoms with Crippen LogP contribution in [0.4, 0.5) is 0 Å². The van der Waals surface area contributed by atoms with Gasteiger partial charge >= 0.3 is 0 Å². The van der Waals surface area contributed by atoms with Crippen LogP contribution in [0.3, 0.4) is 0 Å². The van der Waals surface area contributed by atoms with Crippen LogP contribution in [-0.2, 0) is 6.42 Å². The molecular weight excluding hydrogens is 364 g/mol. The predicted molar refractivity (Wildman–Crippen MR) is 117 cm³/mol. The van der Waals surface area contributed by atoms with E-state index in [1.165, 1.54) is 69.9 Å². The predicted octanol–water partition coefficient (Wildman–Crippen LogP) is 6.50. The number of hydrogen-bond acceptors (Lipinski definition) is 4. The van der Waals surface area contributed by atoms with Crippen LogP contribution >= 0.6 is 0 Å². The first-order valence-corrected chi connectivity index (χ1v) is 10.9. The molecule has 0 saturated carbocycles. The highest BCUT2D eigenvalue weighted by Gasteiger charge is 2.17. The molecule has 0 heterocycles. The van der Waals surface area contributed by atoms with Gasteiger partial charge < -0.3 is 15.3 Å². The molecule has 0 bridgehead atoms. The Morgan fingerprint density at radius 3 is 1.76 bits per heavy atom. The maximum Gasteiger partial charge on any atom is 0.200 e. The normalized spacial score (nSPS) is 10.9. The second-order valence-corrected chi connectivity index (χ2v) is 7.81. The number of carbonyl (C=O) groups is 1. The highest BCUT2D eigenvalue weighted by Crippen LogP contribution is 2.29. The van der Waals surface area contributed by atoms with E-state index >= 15 is 0 Å². The van der Waals surface area contributed by atoms with Gasteiger partial charge in [-0.05, 0) is 42.7 Å². The molecule has 3 N–H and O–H groups in total. The fourth-order valence-corrected chi connectivity index (χ4v) is 3.60. The van der Waals surface area contributed by atoms with Crippen molar-refractivity contribution < 1.29 is 20.1 Å². The van der Waals surface area contributed by atoms with Gasteiger partial charge in [0.15, 0.2) is 5.78 Å². The average Bonchev–Trinajstić information content (AvgIpc) is 2.69. The lowest BCUT2D eigenvalue weighted by Crippen LogP contribution is -2.02. The van der Waals surface area contributed by atoms with Crippen LogP contribution in [0.2, 0.25) is 0 Å². The van der Waals surface area contributed by atoms with Crippen LogP contribution in [0.5, 0.6) is 17.2 Å². The van der Waals surface area contributed by atoms with E-state index in [2.05, 4.69) is 6.92 Å². The zero-order valence-corrected chi connectivity index (χ0v) is 17.5. The number of aromatic hydroxyl groups is 3. The summed E-state index contributed by atoms with van der Waals surface area (Å²) in [6, 6.07) is 8.91. The molecule has 0 amide bonds. The lowest BCUT2D eigenvalue weighted by molar-refractivity contribution is 0.103. The molecule has 0 saturated heterocycles. The third kappa shape index (κ3) is 7.45. The van der Waals surface area contributed by atoms with E-state index in [9.17, 15) is 20.1 Å². The smallest absolute Gasteiger partial charge is 0.200 e. The van der Waals surface area contributed by atoms with Gasteiger partial charge in [0.05, 0.1) is 11.1 Å². The van der Waals surface area contributed by atoms with Gasteiger partial charge in [-0.2, -0.15) is 0 Å². The Labute approximate surface area is 174 Å². The number of unbranched alkanes of at least 4 members (excludes halogenated alkanes) is 9. The molecule has 0 aliphatic rings. The summed E-state index contributed by atoms with van der Waals surface area (Å²) in [4.78, 5) is 12.6. The Morgan fingerprint density at radius 1 is 0.690 bits per heavy atom. The molecule has 4 nitrogen and oxygen atoms in total. The third-order valence-electron chi connectivity index (χ3n) is 5.35. The number of hydrogen-bond donors (Lipinski definition) is 3. The van der Waals surface area contributed by atoms with Gasteiger partial charge in [-0.25, -0.2) is 0 Å². The summed E-state index contributed by atoms with van der Waals surface area (Å²) >= 11 is 0. The molecule has 2 aromatic carbocycles. The molecule has 4 heteroatoms. The van der Waals surface area contributed by atoms with Crippen LogP contribution in [0.1, 0.15) is 92.6 Å². The van der Waals surface area contributed by atoms with Crippen LogP contribution in [0, 0.1) is 0 Å². The molecule has 0 aromatic heterocycles. The van der Waals surface area contributed by atoms with Crippen molar-refractivity contribution in [2.24, 2.45) is 0 Å². The first-order chi connectivity index (χ1) is 14.0. The van der Waals surface area contributed by atoms with Crippen molar-refractivity contribution in [1.29, 1.82) is 0 Å². The van der Waals surface area contributed by atoms with Gasteiger partial charge in [0.1, 0.15) is 17.2 Å². The van der Waals surface area contributed by atoms with E-state index in [4.69, 9.17) is 0 Å². The monoisotopic (exact) mass is 398 g/mol.